The fourth-order valence-corrected chi connectivity index (χ4v) is 5.35. The summed E-state index contributed by atoms with van der Waals surface area (Å²) in [4.78, 5) is 29.8. The Morgan fingerprint density at radius 2 is 1.73 bits per heavy atom. The number of thiophene rings is 1. The predicted octanol–water partition coefficient (Wildman–Crippen LogP) is 3.82. The Hall–Kier alpha value is -1.95. The summed E-state index contributed by atoms with van der Waals surface area (Å²) in [5.74, 6) is 0.123. The summed E-state index contributed by atoms with van der Waals surface area (Å²) in [7, 11) is 0. The SMILES string of the molecule is Cc1c(C(=O)N2CCN(C(=O)C3CCCC3)CC2)sc2cccc(F)c12. The topological polar surface area (TPSA) is 40.6 Å². The highest BCUT2D eigenvalue weighted by Gasteiger charge is 2.31. The maximum absolute atomic E-state index is 14.1. The molecule has 1 aromatic carbocycles. The molecule has 1 saturated heterocycles. The monoisotopic (exact) mass is 374 g/mol. The van der Waals surface area contributed by atoms with Crippen LogP contribution in [0, 0.1) is 18.7 Å². The molecule has 26 heavy (non-hydrogen) atoms. The smallest absolute Gasteiger partial charge is 0.264 e. The average Bonchev–Trinajstić information content (AvgIpc) is 3.30. The van der Waals surface area contributed by atoms with E-state index in [-0.39, 0.29) is 23.5 Å². The predicted molar refractivity (Wildman–Crippen MR) is 101 cm³/mol. The molecule has 0 N–H and O–H groups in total. The molecular formula is C20H23FN2O2S. The lowest BCUT2D eigenvalue weighted by molar-refractivity contribution is -0.136. The first-order chi connectivity index (χ1) is 12.6. The Morgan fingerprint density at radius 1 is 1.08 bits per heavy atom. The minimum Gasteiger partial charge on any atom is -0.339 e. The van der Waals surface area contributed by atoms with Gasteiger partial charge in [0.05, 0.1) is 4.88 Å². The molecule has 2 aliphatic rings. The largest absolute Gasteiger partial charge is 0.339 e. The summed E-state index contributed by atoms with van der Waals surface area (Å²) in [6.45, 7) is 4.11. The molecule has 1 aliphatic carbocycles. The molecule has 2 amide bonds. The second-order valence-corrected chi connectivity index (χ2v) is 8.32. The number of amides is 2. The highest BCUT2D eigenvalue weighted by atomic mass is 32.1. The van der Waals surface area contributed by atoms with Crippen molar-refractivity contribution >= 4 is 33.2 Å². The average molecular weight is 374 g/mol. The fraction of sp³-hybridized carbons (Fsp3) is 0.500. The number of rotatable bonds is 2. The second-order valence-electron chi connectivity index (χ2n) is 7.27. The number of hydrogen-bond donors (Lipinski definition) is 0. The van der Waals surface area contributed by atoms with E-state index in [1.165, 1.54) is 17.4 Å². The summed E-state index contributed by atoms with van der Waals surface area (Å²) in [5.41, 5.74) is 0.720. The molecule has 0 radical (unpaired) electrons. The standard InChI is InChI=1S/C20H23FN2O2S/c1-13-17-15(21)7-4-8-16(17)26-18(13)20(25)23-11-9-22(10-12-23)19(24)14-5-2-3-6-14/h4,7-8,14H,2-3,5-6,9-12H2,1H3. The van der Waals surface area contributed by atoms with Crippen LogP contribution in [-0.2, 0) is 4.79 Å². The van der Waals surface area contributed by atoms with Gasteiger partial charge in [0.2, 0.25) is 5.91 Å². The molecule has 0 bridgehead atoms. The Labute approximate surface area is 156 Å². The zero-order valence-corrected chi connectivity index (χ0v) is 15.8. The molecule has 2 heterocycles. The van der Waals surface area contributed by atoms with Crippen LogP contribution in [0.2, 0.25) is 0 Å². The summed E-state index contributed by atoms with van der Waals surface area (Å²) in [6, 6.07) is 4.96. The van der Waals surface area contributed by atoms with Gasteiger partial charge in [-0.05, 0) is 37.5 Å². The number of carbonyl (C=O) groups excluding carboxylic acids is 2. The molecule has 0 atom stereocenters. The molecule has 1 aromatic heterocycles. The Balaban J connectivity index is 1.46. The van der Waals surface area contributed by atoms with Crippen LogP contribution in [0.15, 0.2) is 18.2 Å². The van der Waals surface area contributed by atoms with Crippen molar-refractivity contribution in [3.63, 3.8) is 0 Å². The van der Waals surface area contributed by atoms with Crippen molar-refractivity contribution in [2.75, 3.05) is 26.2 Å². The van der Waals surface area contributed by atoms with Crippen LogP contribution in [0.5, 0.6) is 0 Å². The van der Waals surface area contributed by atoms with Gasteiger partial charge in [0.1, 0.15) is 5.82 Å². The van der Waals surface area contributed by atoms with Gasteiger partial charge >= 0.3 is 0 Å². The number of piperazine rings is 1. The van der Waals surface area contributed by atoms with E-state index in [1.807, 2.05) is 17.9 Å². The van der Waals surface area contributed by atoms with Crippen molar-refractivity contribution in [1.29, 1.82) is 0 Å². The minimum absolute atomic E-state index is 0.0453. The maximum Gasteiger partial charge on any atom is 0.264 e. The lowest BCUT2D eigenvalue weighted by Crippen LogP contribution is -2.51. The van der Waals surface area contributed by atoms with Crippen molar-refractivity contribution in [2.45, 2.75) is 32.6 Å². The van der Waals surface area contributed by atoms with E-state index in [0.717, 1.165) is 35.9 Å². The Bertz CT molecular complexity index is 849. The van der Waals surface area contributed by atoms with Crippen molar-refractivity contribution in [2.24, 2.45) is 5.92 Å². The van der Waals surface area contributed by atoms with Gasteiger partial charge in [0.25, 0.3) is 5.91 Å². The van der Waals surface area contributed by atoms with Crippen molar-refractivity contribution in [3.8, 4) is 0 Å². The molecule has 1 saturated carbocycles. The number of carbonyl (C=O) groups is 2. The maximum atomic E-state index is 14.1. The van der Waals surface area contributed by atoms with E-state index in [2.05, 4.69) is 0 Å². The van der Waals surface area contributed by atoms with Crippen molar-refractivity contribution in [3.05, 3.63) is 34.5 Å². The van der Waals surface area contributed by atoms with Gasteiger partial charge in [-0.3, -0.25) is 9.59 Å². The first kappa shape index (κ1) is 17.5. The van der Waals surface area contributed by atoms with E-state index < -0.39 is 0 Å². The Morgan fingerprint density at radius 3 is 2.38 bits per heavy atom. The number of benzene rings is 1. The number of nitrogens with zero attached hydrogens (tertiary/aromatic N) is 2. The summed E-state index contributed by atoms with van der Waals surface area (Å²) in [6.07, 6.45) is 4.31. The minimum atomic E-state index is -0.276. The lowest BCUT2D eigenvalue weighted by atomic mass is 10.1. The van der Waals surface area contributed by atoms with Crippen LogP contribution in [0.4, 0.5) is 4.39 Å². The van der Waals surface area contributed by atoms with Gasteiger partial charge in [-0.1, -0.05) is 18.9 Å². The molecule has 4 nitrogen and oxygen atoms in total. The molecule has 6 heteroatoms. The van der Waals surface area contributed by atoms with E-state index in [1.54, 1.807) is 11.0 Å². The normalized spacial score (nSPS) is 18.7. The van der Waals surface area contributed by atoms with Crippen LogP contribution < -0.4 is 0 Å². The van der Waals surface area contributed by atoms with Crippen LogP contribution in [0.1, 0.15) is 40.9 Å². The molecule has 2 fully saturated rings. The summed E-state index contributed by atoms with van der Waals surface area (Å²) in [5, 5.41) is 0.552. The highest BCUT2D eigenvalue weighted by molar-refractivity contribution is 7.21. The molecule has 1 aliphatic heterocycles. The van der Waals surface area contributed by atoms with Crippen molar-refractivity contribution < 1.29 is 14.0 Å². The first-order valence-electron chi connectivity index (χ1n) is 9.32. The molecule has 4 rings (SSSR count). The second kappa shape index (κ2) is 6.99. The van der Waals surface area contributed by atoms with Crippen LogP contribution in [0.25, 0.3) is 10.1 Å². The quantitative estimate of drug-likeness (QED) is 0.802. The van der Waals surface area contributed by atoms with Crippen LogP contribution in [0.3, 0.4) is 0 Å². The van der Waals surface area contributed by atoms with E-state index in [4.69, 9.17) is 0 Å². The molecule has 0 unspecified atom stereocenters. The van der Waals surface area contributed by atoms with Gasteiger partial charge in [-0.25, -0.2) is 4.39 Å². The first-order valence-corrected chi connectivity index (χ1v) is 10.1. The zero-order valence-electron chi connectivity index (χ0n) is 15.0. The molecular weight excluding hydrogens is 351 g/mol. The van der Waals surface area contributed by atoms with E-state index >= 15 is 0 Å². The van der Waals surface area contributed by atoms with Crippen LogP contribution in [-0.4, -0.2) is 47.8 Å². The number of fused-ring (bicyclic) bond motifs is 1. The molecule has 138 valence electrons. The highest BCUT2D eigenvalue weighted by Crippen LogP contribution is 2.33. The Kier molecular flexibility index (Phi) is 4.69. The summed E-state index contributed by atoms with van der Waals surface area (Å²) >= 11 is 1.36. The van der Waals surface area contributed by atoms with E-state index in [9.17, 15) is 14.0 Å². The third-order valence-corrected chi connectivity index (χ3v) is 6.93. The third kappa shape index (κ3) is 3.00. The van der Waals surface area contributed by atoms with Gasteiger partial charge in [-0.15, -0.1) is 11.3 Å². The van der Waals surface area contributed by atoms with Gasteiger partial charge in [-0.2, -0.15) is 0 Å². The van der Waals surface area contributed by atoms with Gasteiger partial charge in [0.15, 0.2) is 0 Å². The molecule has 2 aromatic rings. The van der Waals surface area contributed by atoms with Gasteiger partial charge < -0.3 is 9.80 Å². The van der Waals surface area contributed by atoms with E-state index in [0.29, 0.717) is 36.4 Å². The zero-order chi connectivity index (χ0) is 18.3. The number of aryl methyl sites for hydroxylation is 1. The summed E-state index contributed by atoms with van der Waals surface area (Å²) < 4.78 is 14.9. The van der Waals surface area contributed by atoms with Crippen molar-refractivity contribution in [1.82, 2.24) is 9.80 Å². The number of hydrogen-bond acceptors (Lipinski definition) is 3. The van der Waals surface area contributed by atoms with Gasteiger partial charge in [0, 0.05) is 42.2 Å². The molecule has 0 spiro atoms. The fourth-order valence-electron chi connectivity index (χ4n) is 4.16. The third-order valence-electron chi connectivity index (χ3n) is 5.68. The lowest BCUT2D eigenvalue weighted by Gasteiger charge is -2.36. The number of halogens is 1. The van der Waals surface area contributed by atoms with Crippen LogP contribution >= 0.6 is 11.3 Å².